The monoisotopic (exact) mass is 507 g/mol. The predicted molar refractivity (Wildman–Crippen MR) is 147 cm³/mol. The van der Waals surface area contributed by atoms with Crippen molar-refractivity contribution in [1.29, 1.82) is 0 Å². The molecule has 0 saturated carbocycles. The number of hydrogen-bond acceptors (Lipinski definition) is 5. The number of esters is 1. The number of methoxy groups -OCH3 is 1. The maximum absolute atomic E-state index is 13.8. The number of aromatic nitrogens is 3. The van der Waals surface area contributed by atoms with Crippen molar-refractivity contribution in [3.8, 4) is 17.1 Å². The Balaban J connectivity index is 1.26. The quantitative estimate of drug-likeness (QED) is 0.271. The lowest BCUT2D eigenvalue weighted by atomic mass is 9.95. The van der Waals surface area contributed by atoms with Gasteiger partial charge in [0.1, 0.15) is 11.6 Å². The molecule has 0 radical (unpaired) electrons. The van der Waals surface area contributed by atoms with E-state index in [0.717, 1.165) is 64.6 Å². The van der Waals surface area contributed by atoms with Gasteiger partial charge in [0, 0.05) is 16.6 Å². The van der Waals surface area contributed by atoms with Crippen LogP contribution < -0.4 is 4.74 Å². The van der Waals surface area contributed by atoms with E-state index < -0.39 is 12.1 Å². The highest BCUT2D eigenvalue weighted by Crippen LogP contribution is 2.33. The smallest absolute Gasteiger partial charge is 0.338 e. The minimum Gasteiger partial charge on any atom is -0.497 e. The van der Waals surface area contributed by atoms with Gasteiger partial charge in [-0.1, -0.05) is 25.1 Å². The fraction of sp³-hybridized carbons (Fsp3) is 0.258. The molecule has 0 saturated heterocycles. The number of rotatable bonds is 6. The van der Waals surface area contributed by atoms with Crippen LogP contribution in [0.4, 0.5) is 0 Å². The molecule has 5 aromatic rings. The van der Waals surface area contributed by atoms with Crippen LogP contribution in [0.2, 0.25) is 0 Å². The van der Waals surface area contributed by atoms with Crippen LogP contribution in [0.25, 0.3) is 33.3 Å². The van der Waals surface area contributed by atoms with Gasteiger partial charge in [0.25, 0.3) is 5.91 Å². The van der Waals surface area contributed by atoms with Crippen LogP contribution in [-0.4, -0.2) is 39.6 Å². The van der Waals surface area contributed by atoms with Gasteiger partial charge < -0.3 is 14.5 Å². The Morgan fingerprint density at radius 3 is 2.61 bits per heavy atom. The van der Waals surface area contributed by atoms with Gasteiger partial charge in [0.2, 0.25) is 0 Å². The summed E-state index contributed by atoms with van der Waals surface area (Å²) in [5.41, 5.74) is 5.93. The second-order valence-corrected chi connectivity index (χ2v) is 9.67. The molecule has 2 heterocycles. The number of carbonyl (C=O) groups is 2. The Morgan fingerprint density at radius 2 is 1.82 bits per heavy atom. The van der Waals surface area contributed by atoms with E-state index in [-0.39, 0.29) is 5.91 Å². The third-order valence-corrected chi connectivity index (χ3v) is 7.38. The summed E-state index contributed by atoms with van der Waals surface area (Å²) in [4.78, 5) is 34.9. The minimum atomic E-state index is -0.878. The van der Waals surface area contributed by atoms with E-state index in [1.54, 1.807) is 29.9 Å². The zero-order valence-electron chi connectivity index (χ0n) is 21.5. The van der Waals surface area contributed by atoms with Crippen molar-refractivity contribution in [2.75, 3.05) is 7.11 Å². The lowest BCUT2D eigenvalue weighted by Crippen LogP contribution is -2.32. The summed E-state index contributed by atoms with van der Waals surface area (Å²) in [5.74, 6) is 0.741. The normalized spacial score (nSPS) is 13.8. The Bertz CT molecular complexity index is 1660. The second kappa shape index (κ2) is 9.82. The zero-order valence-corrected chi connectivity index (χ0v) is 21.5. The highest BCUT2D eigenvalue weighted by Gasteiger charge is 2.29. The number of nitrogens with one attached hydrogen (secondary N) is 1. The number of carbonyl (C=O) groups excluding carboxylic acids is 2. The van der Waals surface area contributed by atoms with E-state index >= 15 is 0 Å². The number of imidazole rings is 1. The fourth-order valence-electron chi connectivity index (χ4n) is 5.42. The molecule has 1 aliphatic carbocycles. The molecule has 0 bridgehead atoms. The summed E-state index contributed by atoms with van der Waals surface area (Å²) < 4.78 is 12.8. The van der Waals surface area contributed by atoms with Crippen molar-refractivity contribution >= 4 is 33.8 Å². The van der Waals surface area contributed by atoms with Crippen molar-refractivity contribution in [3.63, 3.8) is 0 Å². The van der Waals surface area contributed by atoms with Crippen LogP contribution in [0.3, 0.4) is 0 Å². The van der Waals surface area contributed by atoms with Gasteiger partial charge in [0.05, 0.1) is 29.2 Å². The summed E-state index contributed by atoms with van der Waals surface area (Å²) in [5, 5.41) is 1.12. The van der Waals surface area contributed by atoms with E-state index in [4.69, 9.17) is 9.47 Å². The van der Waals surface area contributed by atoms with Crippen LogP contribution in [-0.2, 0) is 17.6 Å². The first kappa shape index (κ1) is 24.0. The minimum absolute atomic E-state index is 0.190. The van der Waals surface area contributed by atoms with E-state index in [1.807, 2.05) is 49.4 Å². The largest absolute Gasteiger partial charge is 0.497 e. The Labute approximate surface area is 220 Å². The number of aromatic amines is 1. The molecule has 1 N–H and O–H groups in total. The average Bonchev–Trinajstić information content (AvgIpc) is 3.54. The number of hydrogen-bond donors (Lipinski definition) is 1. The van der Waals surface area contributed by atoms with Crippen molar-refractivity contribution < 1.29 is 19.1 Å². The summed E-state index contributed by atoms with van der Waals surface area (Å²) in [6.45, 7) is 1.87. The molecular weight excluding hydrogens is 478 g/mol. The van der Waals surface area contributed by atoms with Gasteiger partial charge in [-0.3, -0.25) is 9.36 Å². The molecule has 2 aromatic heterocycles. The molecule has 7 heteroatoms. The first-order valence-corrected chi connectivity index (χ1v) is 13.1. The van der Waals surface area contributed by atoms with Gasteiger partial charge in [-0.05, 0) is 86.2 Å². The number of benzene rings is 3. The van der Waals surface area contributed by atoms with Crippen molar-refractivity contribution in [2.24, 2.45) is 0 Å². The number of fused-ring (bicyclic) bond motifs is 4. The molecule has 192 valence electrons. The van der Waals surface area contributed by atoms with Crippen molar-refractivity contribution in [2.45, 2.75) is 45.1 Å². The van der Waals surface area contributed by atoms with E-state index in [1.165, 1.54) is 5.56 Å². The highest BCUT2D eigenvalue weighted by molar-refractivity contribution is 6.00. The summed E-state index contributed by atoms with van der Waals surface area (Å²) in [6.07, 6.45) is 3.51. The third kappa shape index (κ3) is 4.14. The number of para-hydroxylation sites is 1. The lowest BCUT2D eigenvalue weighted by molar-refractivity contribution is 0.0241. The van der Waals surface area contributed by atoms with Gasteiger partial charge >= 0.3 is 5.97 Å². The molecule has 0 fully saturated rings. The van der Waals surface area contributed by atoms with E-state index in [0.29, 0.717) is 17.8 Å². The van der Waals surface area contributed by atoms with Gasteiger partial charge in [0.15, 0.2) is 6.10 Å². The van der Waals surface area contributed by atoms with Crippen LogP contribution in [0.15, 0.2) is 66.7 Å². The maximum Gasteiger partial charge on any atom is 0.338 e. The maximum atomic E-state index is 13.8. The Hall–Kier alpha value is -4.39. The summed E-state index contributed by atoms with van der Waals surface area (Å²) in [6, 6.07) is 20.8. The molecule has 3 aromatic carbocycles. The predicted octanol–water partition coefficient (Wildman–Crippen LogP) is 6.35. The Kier molecular flexibility index (Phi) is 6.19. The molecular formula is C31H29N3O4. The third-order valence-electron chi connectivity index (χ3n) is 7.38. The number of nitrogens with zero attached hydrogens (tertiary/aromatic N) is 2. The fourth-order valence-corrected chi connectivity index (χ4v) is 5.42. The molecule has 1 unspecified atom stereocenters. The lowest BCUT2D eigenvalue weighted by Gasteiger charge is -2.20. The highest BCUT2D eigenvalue weighted by atomic mass is 16.5. The molecule has 6 rings (SSSR count). The van der Waals surface area contributed by atoms with Gasteiger partial charge in [-0.15, -0.1) is 0 Å². The van der Waals surface area contributed by atoms with E-state index in [2.05, 4.69) is 16.0 Å². The number of H-pyrrole nitrogens is 1. The SMILES string of the molecule is CCC(OC(=O)c1ccc2nc(-c3ccc(OC)cc3)[nH]c2c1)C(=O)n1c2c(c3ccccc31)CCCC2. The van der Waals surface area contributed by atoms with Crippen molar-refractivity contribution in [3.05, 3.63) is 83.6 Å². The van der Waals surface area contributed by atoms with Crippen molar-refractivity contribution in [1.82, 2.24) is 14.5 Å². The molecule has 1 aliphatic rings. The number of aryl methyl sites for hydroxylation is 1. The number of ether oxygens (including phenoxy) is 2. The van der Waals surface area contributed by atoms with Crippen LogP contribution in [0.1, 0.15) is 52.6 Å². The summed E-state index contributed by atoms with van der Waals surface area (Å²) >= 11 is 0. The summed E-state index contributed by atoms with van der Waals surface area (Å²) in [7, 11) is 1.63. The second-order valence-electron chi connectivity index (χ2n) is 9.67. The average molecular weight is 508 g/mol. The first-order valence-electron chi connectivity index (χ1n) is 13.1. The van der Waals surface area contributed by atoms with Crippen LogP contribution in [0, 0.1) is 0 Å². The first-order chi connectivity index (χ1) is 18.6. The van der Waals surface area contributed by atoms with E-state index in [9.17, 15) is 9.59 Å². The van der Waals surface area contributed by atoms with Gasteiger partial charge in [-0.2, -0.15) is 0 Å². The van der Waals surface area contributed by atoms with Crippen LogP contribution >= 0.6 is 0 Å². The molecule has 0 amide bonds. The molecule has 1 atom stereocenters. The molecule has 0 spiro atoms. The zero-order chi connectivity index (χ0) is 26.2. The standard InChI is InChI=1S/C31H29N3O4/c1-3-28(30(35)34-26-10-6-4-8-22(26)23-9-5-7-11-27(23)34)38-31(36)20-14-17-24-25(18-20)33-29(32-24)19-12-15-21(37-2)16-13-19/h4,6,8,10,12-18,28H,3,5,7,9,11H2,1-2H3,(H,32,33). The molecule has 0 aliphatic heterocycles. The molecule has 7 nitrogen and oxygen atoms in total. The Morgan fingerprint density at radius 1 is 1.03 bits per heavy atom. The topological polar surface area (TPSA) is 86.2 Å². The molecule has 38 heavy (non-hydrogen) atoms. The van der Waals surface area contributed by atoms with Crippen LogP contribution in [0.5, 0.6) is 5.75 Å². The van der Waals surface area contributed by atoms with Gasteiger partial charge in [-0.25, -0.2) is 9.78 Å².